The van der Waals surface area contributed by atoms with Gasteiger partial charge in [-0.15, -0.1) is 13.1 Å². The Morgan fingerprint density at radius 1 is 0.788 bits per heavy atom. The van der Waals surface area contributed by atoms with Crippen LogP contribution in [0.2, 0.25) is 0 Å². The number of hydrogen-bond donors (Lipinski definition) is 5. The smallest absolute Gasteiger partial charge is 0.171 e. The van der Waals surface area contributed by atoms with E-state index in [9.17, 15) is 41.9 Å². The number of likely N-dealkylation sites (tertiary alicyclic amines) is 1. The van der Waals surface area contributed by atoms with Crippen LogP contribution in [0.25, 0.3) is 16.8 Å². The number of nitrogens with one attached hydrogen (secondary N) is 7. The molecule has 2 saturated heterocycles. The molecule has 2 fully saturated rings. The minimum atomic E-state index is -5.19. The van der Waals surface area contributed by atoms with Gasteiger partial charge in [-0.2, -0.15) is 26.3 Å². The Balaban J connectivity index is 0.00000489. The van der Waals surface area contributed by atoms with Crippen molar-refractivity contribution in [3.05, 3.63) is 52.7 Å². The van der Waals surface area contributed by atoms with Crippen LogP contribution in [-0.4, -0.2) is 194 Å². The van der Waals surface area contributed by atoms with Crippen molar-refractivity contribution in [1.82, 2.24) is 36.4 Å². The number of carbonyl (C=O) groups excluding carboxylic acids is 7. The van der Waals surface area contributed by atoms with Crippen LogP contribution < -0.4 is 31.7 Å². The zero-order valence-electron chi connectivity index (χ0n) is 51.9. The number of halogens is 4. The number of nitrogens with zero attached hydrogens (tertiary/aromatic N) is 3. The molecule has 0 unspecified atom stereocenters. The Kier molecular flexibility index (Phi) is 43.5. The summed E-state index contributed by atoms with van der Waals surface area (Å²) in [6, 6.07) is 6.67. The first-order valence-corrected chi connectivity index (χ1v) is 35.7. The predicted octanol–water partition coefficient (Wildman–Crippen LogP) is 6.21. The number of methoxy groups -OCH3 is 2. The number of alkyl halides is 3. The number of benzene rings is 1. The van der Waals surface area contributed by atoms with E-state index in [-0.39, 0.29) is 104 Å². The van der Waals surface area contributed by atoms with Crippen LogP contribution in [0.5, 0.6) is 0 Å². The topological polar surface area (TPSA) is 308 Å². The standard InChI is InChI=1S/C54H93N8O10.C2HF3O2.C2H6N2.HI.Pt/c1-13-38(8)48(61(10)53(67)47(37(6)7)60-52(66)46(35(2)3)36(4)5)44(69-11)33-45(63)62-27-17-20-43(62)49(70-12)39(9)50(64)59-42(32-40-18-15-14-16-19-40)51(65)56-25-28-71-30-31-72-29-26-57-54(68)58-34-41-21-23-55-24-22-41;3-2(4,5)1(6)7;3-1-2-4;;/h14-16,18-19,35-39,41-44,46-49H,13,17,20-34H2,1-12H3,(H,56,65)(H,59,64)(H,60,66)(H2,57,58,68);(H,6,7);3-4H,1-2H2;1H;/q-1;;-2;;+1/p-2/t38-,39+,42-,43-,44+,47-,48-,49+;;;;/m0..../s1. The van der Waals surface area contributed by atoms with E-state index in [0.717, 1.165) is 37.9 Å². The molecule has 85 heavy (non-hydrogen) atoms. The monoisotopic (exact) mass is 1510 g/mol. The van der Waals surface area contributed by atoms with Gasteiger partial charge in [0.15, 0.2) is 0 Å². The Morgan fingerprint density at radius 2 is 1.34 bits per heavy atom. The molecular weight excluding hydrogens is 1410 g/mol. The number of carboxylic acid groups (broad SMARTS) is 1. The molecule has 2 aliphatic heterocycles. The molecule has 27 heteroatoms. The number of carbonyl (C=O) groups is 7. The van der Waals surface area contributed by atoms with Crippen molar-refractivity contribution in [2.75, 3.05) is 100 Å². The molecule has 3 rings (SSSR count). The molecule has 0 bridgehead atoms. The van der Waals surface area contributed by atoms with E-state index in [1.165, 1.54) is 7.11 Å². The van der Waals surface area contributed by atoms with Gasteiger partial charge in [0.1, 0.15) is 18.1 Å². The fraction of sp³-hybridized carbons (Fsp3) is 0.776. The molecule has 8 atom stereocenters. The number of amides is 7. The van der Waals surface area contributed by atoms with E-state index < -0.39 is 54.4 Å². The van der Waals surface area contributed by atoms with E-state index in [0.29, 0.717) is 58.2 Å². The molecule has 0 aliphatic carbocycles. The van der Waals surface area contributed by atoms with Crippen molar-refractivity contribution in [3.63, 3.8) is 0 Å². The first-order chi connectivity index (χ1) is 40.2. The van der Waals surface area contributed by atoms with Gasteiger partial charge in [-0.3, -0.25) is 24.0 Å². The number of aliphatic carboxylic acids is 1. The van der Waals surface area contributed by atoms with E-state index in [2.05, 4.69) is 67.4 Å². The third-order valence-electron chi connectivity index (χ3n) is 14.9. The summed E-state index contributed by atoms with van der Waals surface area (Å²) in [6.07, 6.45) is -2.25. The summed E-state index contributed by atoms with van der Waals surface area (Å²) < 4.78 is 54.9. The van der Waals surface area contributed by atoms with Gasteiger partial charge < -0.3 is 82.0 Å². The first kappa shape index (κ1) is 81.2. The molecule has 0 spiro atoms. The molecule has 22 nitrogen and oxygen atoms in total. The number of urea groups is 1. The number of hydrogen-bond acceptors (Lipinski definition) is 12. The number of rotatable bonds is 33. The number of carboxylic acids is 1. The fourth-order valence-corrected chi connectivity index (χ4v) is 10.3. The Morgan fingerprint density at radius 3 is 1.82 bits per heavy atom. The third-order valence-corrected chi connectivity index (χ3v) is 14.9. The van der Waals surface area contributed by atoms with E-state index in [1.807, 2.05) is 85.7 Å². The van der Waals surface area contributed by atoms with Gasteiger partial charge >= 0.3 is 47.7 Å². The van der Waals surface area contributed by atoms with E-state index in [4.69, 9.17) is 40.3 Å². The molecule has 7 N–H and O–H groups in total. The minimum absolute atomic E-state index is 0.00997. The van der Waals surface area contributed by atoms with Gasteiger partial charge in [0.25, 0.3) is 0 Å². The first-order valence-electron chi connectivity index (χ1n) is 29.3. The van der Waals surface area contributed by atoms with E-state index >= 15 is 0 Å². The Labute approximate surface area is 525 Å². The zero-order chi connectivity index (χ0) is 64.8. The normalized spacial score (nSPS) is 16.8. The summed E-state index contributed by atoms with van der Waals surface area (Å²) in [4.78, 5) is 94.6. The van der Waals surface area contributed by atoms with E-state index in [1.54, 1.807) is 30.9 Å². The van der Waals surface area contributed by atoms with Crippen LogP contribution in [-0.2, 0) is 70.3 Å². The summed E-state index contributed by atoms with van der Waals surface area (Å²) in [5.74, 6) is -4.87. The maximum atomic E-state index is 14.5. The molecule has 495 valence electrons. The quantitative estimate of drug-likeness (QED) is 0.0388. The average Bonchev–Trinajstić information content (AvgIpc) is 3.70. The molecule has 0 aromatic heterocycles. The molecule has 2 heterocycles. The molecule has 1 aromatic carbocycles. The minimum Gasteiger partial charge on any atom is -0.679 e. The van der Waals surface area contributed by atoms with Crippen molar-refractivity contribution >= 4 is 60.9 Å². The zero-order valence-corrected chi connectivity index (χ0v) is 56.3. The summed E-state index contributed by atoms with van der Waals surface area (Å²) >= 11 is 4.23. The van der Waals surface area contributed by atoms with Gasteiger partial charge in [-0.1, -0.05) is 112 Å². The van der Waals surface area contributed by atoms with Crippen LogP contribution in [0.15, 0.2) is 30.3 Å². The van der Waals surface area contributed by atoms with Crippen molar-refractivity contribution in [3.8, 4) is 0 Å². The Bertz CT molecular complexity index is 2040. The fourth-order valence-electron chi connectivity index (χ4n) is 10.3. The number of likely N-dealkylation sites (N-methyl/N-ethyl adjacent to an activating group) is 1. The maximum absolute atomic E-state index is 14.5. The second-order valence-corrected chi connectivity index (χ2v) is 22.1. The van der Waals surface area contributed by atoms with Crippen molar-refractivity contribution in [2.24, 2.45) is 41.4 Å². The number of piperidine rings is 1. The van der Waals surface area contributed by atoms with Gasteiger partial charge in [-0.25, -0.2) is 4.79 Å². The van der Waals surface area contributed by atoms with Crippen LogP contribution >= 0.6 is 19.4 Å². The third kappa shape index (κ3) is 31.3. The predicted molar refractivity (Wildman–Crippen MR) is 323 cm³/mol. The van der Waals surface area contributed by atoms with Crippen LogP contribution in [0.1, 0.15) is 106 Å². The number of ether oxygens (including phenoxy) is 4. The molecular formula is C58H99F3IN10O12Pt-4. The van der Waals surface area contributed by atoms with Crippen LogP contribution in [0.4, 0.5) is 18.0 Å². The van der Waals surface area contributed by atoms with Gasteiger partial charge in [0, 0.05) is 59.8 Å². The van der Waals surface area contributed by atoms with Crippen molar-refractivity contribution in [2.45, 2.75) is 150 Å². The summed E-state index contributed by atoms with van der Waals surface area (Å²) in [5, 5.41) is 27.8. The molecule has 0 radical (unpaired) electrons. The molecule has 0 saturated carbocycles. The molecule has 7 amide bonds. The van der Waals surface area contributed by atoms with Gasteiger partial charge in [0.2, 0.25) is 29.5 Å². The van der Waals surface area contributed by atoms with Gasteiger partial charge in [0.05, 0.1) is 63.1 Å². The van der Waals surface area contributed by atoms with Gasteiger partial charge in [-0.05, 0) is 48.0 Å². The maximum Gasteiger partial charge on any atom is -0.171 e. The van der Waals surface area contributed by atoms with Crippen LogP contribution in [0.3, 0.4) is 0 Å². The summed E-state index contributed by atoms with van der Waals surface area (Å²) in [7, 11) is 4.83. The largest absolute Gasteiger partial charge is 0.679 e. The SMILES string of the molecule is CC[C@H](C)[C@@H]([C@@H](CC(=O)N1CCC[C@H]1[C@H](OC)[C@@H](C)C(=O)N[C@@H](Cc1ccccc1)C(=O)NCCOCCOCCNC(=O)NCC1CC[N-]CC1)OC)N(C)C(=O)[C@@H](NC(=O)C(C(C)C)C(C)C)C(C)C.O=C([O-])C(F)(F)F.[I][Pt].[NH-]CC[NH-]. The molecule has 2 aliphatic rings. The van der Waals surface area contributed by atoms with Crippen molar-refractivity contribution < 1.29 is 86.9 Å². The summed E-state index contributed by atoms with van der Waals surface area (Å²) in [6.45, 7) is 22.8. The Hall–Kier alpha value is -3.76. The second-order valence-electron chi connectivity index (χ2n) is 22.1. The summed E-state index contributed by atoms with van der Waals surface area (Å²) in [5.41, 5.74) is 13.4. The molecule has 1 aromatic rings. The van der Waals surface area contributed by atoms with Crippen LogP contribution in [0, 0.1) is 41.4 Å². The van der Waals surface area contributed by atoms with Crippen molar-refractivity contribution in [1.29, 1.82) is 0 Å². The second kappa shape index (κ2) is 45.5. The average molecular weight is 1510 g/mol.